The van der Waals surface area contributed by atoms with Crippen molar-refractivity contribution in [1.29, 1.82) is 0 Å². The van der Waals surface area contributed by atoms with E-state index >= 15 is 0 Å². The molecule has 0 radical (unpaired) electrons. The standard InChI is InChI=1S/C11H12ClN3O2/c1-5-3-7(12)6(2)10(16)9(5)11-14-8(4-13)17-15-11/h3,16H,4,13H2,1-2H3. The molecule has 0 unspecified atom stereocenters. The van der Waals surface area contributed by atoms with E-state index in [1.54, 1.807) is 13.0 Å². The van der Waals surface area contributed by atoms with Crippen molar-refractivity contribution in [3.63, 3.8) is 0 Å². The normalized spacial score (nSPS) is 10.8. The van der Waals surface area contributed by atoms with Gasteiger partial charge in [-0.05, 0) is 25.5 Å². The third kappa shape index (κ3) is 1.99. The van der Waals surface area contributed by atoms with Crippen LogP contribution in [0.3, 0.4) is 0 Å². The first-order valence-corrected chi connectivity index (χ1v) is 5.44. The summed E-state index contributed by atoms with van der Waals surface area (Å²) in [5, 5.41) is 14.3. The largest absolute Gasteiger partial charge is 0.507 e. The monoisotopic (exact) mass is 253 g/mol. The zero-order valence-electron chi connectivity index (χ0n) is 9.49. The first-order chi connectivity index (χ1) is 8.04. The van der Waals surface area contributed by atoms with Crippen LogP contribution in [0.4, 0.5) is 0 Å². The summed E-state index contributed by atoms with van der Waals surface area (Å²) in [4.78, 5) is 4.09. The minimum Gasteiger partial charge on any atom is -0.507 e. The Morgan fingerprint density at radius 1 is 1.47 bits per heavy atom. The van der Waals surface area contributed by atoms with E-state index in [-0.39, 0.29) is 12.3 Å². The number of phenolic OH excluding ortho intramolecular Hbond substituents is 1. The van der Waals surface area contributed by atoms with Crippen molar-refractivity contribution < 1.29 is 9.63 Å². The second kappa shape index (κ2) is 4.35. The Bertz CT molecular complexity index is 566. The van der Waals surface area contributed by atoms with Crippen LogP contribution in [0.1, 0.15) is 17.0 Å². The van der Waals surface area contributed by atoms with Crippen molar-refractivity contribution in [2.75, 3.05) is 0 Å². The molecule has 90 valence electrons. The van der Waals surface area contributed by atoms with Crippen molar-refractivity contribution in [2.45, 2.75) is 20.4 Å². The lowest BCUT2D eigenvalue weighted by Crippen LogP contribution is -1.96. The number of phenols is 1. The Kier molecular flexibility index (Phi) is 3.04. The summed E-state index contributed by atoms with van der Waals surface area (Å²) in [5.41, 5.74) is 7.28. The van der Waals surface area contributed by atoms with Crippen LogP contribution in [0.25, 0.3) is 11.4 Å². The molecule has 0 saturated heterocycles. The number of hydrogen-bond acceptors (Lipinski definition) is 5. The van der Waals surface area contributed by atoms with Crippen molar-refractivity contribution in [1.82, 2.24) is 10.1 Å². The van der Waals surface area contributed by atoms with Gasteiger partial charge in [0.25, 0.3) is 0 Å². The third-order valence-corrected chi connectivity index (χ3v) is 2.95. The molecule has 1 heterocycles. The number of aryl methyl sites for hydroxylation is 1. The third-order valence-electron chi connectivity index (χ3n) is 2.55. The summed E-state index contributed by atoms with van der Waals surface area (Å²) in [7, 11) is 0. The van der Waals surface area contributed by atoms with E-state index in [2.05, 4.69) is 10.1 Å². The maximum Gasteiger partial charge on any atom is 0.240 e. The van der Waals surface area contributed by atoms with E-state index in [0.29, 0.717) is 27.9 Å². The Morgan fingerprint density at radius 2 is 2.18 bits per heavy atom. The SMILES string of the molecule is Cc1cc(Cl)c(C)c(O)c1-c1noc(CN)n1. The number of aromatic nitrogens is 2. The van der Waals surface area contributed by atoms with Gasteiger partial charge in [0.05, 0.1) is 12.1 Å². The van der Waals surface area contributed by atoms with Crippen LogP contribution in [0.5, 0.6) is 5.75 Å². The van der Waals surface area contributed by atoms with Gasteiger partial charge in [-0.3, -0.25) is 0 Å². The molecule has 2 rings (SSSR count). The van der Waals surface area contributed by atoms with Gasteiger partial charge in [0, 0.05) is 10.6 Å². The number of benzene rings is 1. The highest BCUT2D eigenvalue weighted by molar-refractivity contribution is 6.31. The lowest BCUT2D eigenvalue weighted by Gasteiger charge is -2.09. The predicted molar refractivity (Wildman–Crippen MR) is 63.8 cm³/mol. The molecule has 0 fully saturated rings. The number of hydrogen-bond donors (Lipinski definition) is 2. The molecule has 0 amide bonds. The molecule has 3 N–H and O–H groups in total. The van der Waals surface area contributed by atoms with Crippen molar-refractivity contribution in [2.24, 2.45) is 5.73 Å². The van der Waals surface area contributed by atoms with Crippen molar-refractivity contribution in [3.05, 3.63) is 28.1 Å². The first-order valence-electron chi connectivity index (χ1n) is 5.06. The predicted octanol–water partition coefficient (Wildman–Crippen LogP) is 2.17. The van der Waals surface area contributed by atoms with Crippen LogP contribution in [-0.4, -0.2) is 15.2 Å². The molecule has 0 atom stereocenters. The molecule has 0 saturated carbocycles. The summed E-state index contributed by atoms with van der Waals surface area (Å²) in [6.45, 7) is 3.71. The highest BCUT2D eigenvalue weighted by atomic mass is 35.5. The number of nitrogens with zero attached hydrogens (tertiary/aromatic N) is 2. The number of nitrogens with two attached hydrogens (primary N) is 1. The van der Waals surface area contributed by atoms with Gasteiger partial charge in [-0.15, -0.1) is 0 Å². The maximum atomic E-state index is 10.1. The van der Waals surface area contributed by atoms with E-state index in [4.69, 9.17) is 21.9 Å². The smallest absolute Gasteiger partial charge is 0.240 e. The average Bonchev–Trinajstić information content (AvgIpc) is 2.74. The Morgan fingerprint density at radius 3 is 2.76 bits per heavy atom. The lowest BCUT2D eigenvalue weighted by molar-refractivity contribution is 0.380. The summed E-state index contributed by atoms with van der Waals surface area (Å²) in [5.74, 6) is 0.714. The van der Waals surface area contributed by atoms with Gasteiger partial charge in [0.2, 0.25) is 11.7 Å². The van der Waals surface area contributed by atoms with Crippen LogP contribution >= 0.6 is 11.6 Å². The van der Waals surface area contributed by atoms with Gasteiger partial charge < -0.3 is 15.4 Å². The van der Waals surface area contributed by atoms with Gasteiger partial charge in [-0.1, -0.05) is 16.8 Å². The van der Waals surface area contributed by atoms with Gasteiger partial charge in [0.15, 0.2) is 0 Å². The Balaban J connectivity index is 2.62. The zero-order chi connectivity index (χ0) is 12.6. The van der Waals surface area contributed by atoms with Crippen molar-refractivity contribution in [3.8, 4) is 17.1 Å². The second-order valence-electron chi connectivity index (χ2n) is 3.74. The summed E-state index contributed by atoms with van der Waals surface area (Å²) >= 11 is 5.97. The van der Waals surface area contributed by atoms with Crippen LogP contribution in [0.2, 0.25) is 5.02 Å². The zero-order valence-corrected chi connectivity index (χ0v) is 10.2. The number of halogens is 1. The van der Waals surface area contributed by atoms with Crippen LogP contribution in [-0.2, 0) is 6.54 Å². The van der Waals surface area contributed by atoms with Crippen LogP contribution in [0, 0.1) is 13.8 Å². The minimum atomic E-state index is 0.0689. The molecule has 1 aromatic carbocycles. The number of rotatable bonds is 2. The van der Waals surface area contributed by atoms with Gasteiger partial charge in [0.1, 0.15) is 5.75 Å². The molecule has 0 spiro atoms. The fraction of sp³-hybridized carbons (Fsp3) is 0.273. The summed E-state index contributed by atoms with van der Waals surface area (Å²) < 4.78 is 4.92. The molecule has 0 aliphatic rings. The van der Waals surface area contributed by atoms with Crippen LogP contribution in [0.15, 0.2) is 10.6 Å². The molecule has 6 heteroatoms. The van der Waals surface area contributed by atoms with Gasteiger partial charge >= 0.3 is 0 Å². The Hall–Kier alpha value is -1.59. The molecule has 0 aliphatic carbocycles. The molecule has 17 heavy (non-hydrogen) atoms. The quantitative estimate of drug-likeness (QED) is 0.857. The topological polar surface area (TPSA) is 85.2 Å². The first kappa shape index (κ1) is 11.9. The van der Waals surface area contributed by atoms with E-state index in [0.717, 1.165) is 5.56 Å². The summed E-state index contributed by atoms with van der Waals surface area (Å²) in [6, 6.07) is 1.75. The molecule has 0 aliphatic heterocycles. The number of aromatic hydroxyl groups is 1. The maximum absolute atomic E-state index is 10.1. The van der Waals surface area contributed by atoms with Crippen LogP contribution < -0.4 is 5.73 Å². The van der Waals surface area contributed by atoms with Crippen molar-refractivity contribution >= 4 is 11.6 Å². The lowest BCUT2D eigenvalue weighted by atomic mass is 10.0. The highest BCUT2D eigenvalue weighted by Crippen LogP contribution is 2.37. The molecular formula is C11H12ClN3O2. The highest BCUT2D eigenvalue weighted by Gasteiger charge is 2.18. The fourth-order valence-corrected chi connectivity index (χ4v) is 1.83. The fourth-order valence-electron chi connectivity index (χ4n) is 1.58. The van der Waals surface area contributed by atoms with Gasteiger partial charge in [-0.2, -0.15) is 4.98 Å². The van der Waals surface area contributed by atoms with E-state index in [9.17, 15) is 5.11 Å². The minimum absolute atomic E-state index is 0.0689. The molecule has 0 bridgehead atoms. The van der Waals surface area contributed by atoms with E-state index in [1.807, 2.05) is 6.92 Å². The Labute approximate surface area is 103 Å². The second-order valence-corrected chi connectivity index (χ2v) is 4.15. The van der Waals surface area contributed by atoms with E-state index in [1.165, 1.54) is 0 Å². The molecule has 1 aromatic heterocycles. The van der Waals surface area contributed by atoms with Gasteiger partial charge in [-0.25, -0.2) is 0 Å². The molecule has 5 nitrogen and oxygen atoms in total. The molecule has 2 aromatic rings. The average molecular weight is 254 g/mol. The van der Waals surface area contributed by atoms with E-state index < -0.39 is 0 Å². The molecular weight excluding hydrogens is 242 g/mol. The summed E-state index contributed by atoms with van der Waals surface area (Å²) in [6.07, 6.45) is 0.